The van der Waals surface area contributed by atoms with Gasteiger partial charge in [-0.1, -0.05) is 0 Å². The maximum Gasteiger partial charge on any atom is 0.257 e. The first-order chi connectivity index (χ1) is 15.2. The van der Waals surface area contributed by atoms with Crippen LogP contribution in [0, 0.1) is 18.3 Å². The number of nitrogens with zero attached hydrogens (tertiary/aromatic N) is 4. The molecule has 1 unspecified atom stereocenters. The molecule has 1 aliphatic rings. The lowest BCUT2D eigenvalue weighted by atomic mass is 9.93. The fourth-order valence-electron chi connectivity index (χ4n) is 4.40. The van der Waals surface area contributed by atoms with Crippen molar-refractivity contribution in [2.45, 2.75) is 45.2 Å². The van der Waals surface area contributed by atoms with E-state index in [0.717, 1.165) is 30.3 Å². The lowest BCUT2D eigenvalue weighted by Crippen LogP contribution is -2.52. The first-order valence-corrected chi connectivity index (χ1v) is 10.5. The van der Waals surface area contributed by atoms with E-state index < -0.39 is 5.54 Å². The number of aryl methyl sites for hydroxylation is 1. The van der Waals surface area contributed by atoms with E-state index in [4.69, 9.17) is 5.73 Å². The van der Waals surface area contributed by atoms with Crippen molar-refractivity contribution in [1.82, 2.24) is 9.97 Å². The third-order valence-corrected chi connectivity index (χ3v) is 5.92. The average Bonchev–Trinajstić information content (AvgIpc) is 3.24. The summed E-state index contributed by atoms with van der Waals surface area (Å²) in [6.07, 6.45) is 3.49. The Morgan fingerprint density at radius 3 is 2.84 bits per heavy atom. The van der Waals surface area contributed by atoms with Gasteiger partial charge in [-0.3, -0.25) is 4.79 Å². The molecule has 1 atom stereocenters. The minimum absolute atomic E-state index is 0.0414. The Hall–Kier alpha value is -3.70. The number of hydrogen-bond donors (Lipinski definition) is 3. The van der Waals surface area contributed by atoms with Crippen molar-refractivity contribution in [2.24, 2.45) is 5.73 Å². The number of fused-ring (bicyclic) bond motifs is 1. The third-order valence-electron chi connectivity index (χ3n) is 5.92. The van der Waals surface area contributed by atoms with E-state index in [2.05, 4.69) is 20.2 Å². The average molecular weight is 431 g/mol. The van der Waals surface area contributed by atoms with E-state index >= 15 is 0 Å². The zero-order valence-electron chi connectivity index (χ0n) is 18.4. The van der Waals surface area contributed by atoms with Gasteiger partial charge in [-0.25, -0.2) is 9.97 Å². The van der Waals surface area contributed by atoms with Gasteiger partial charge in [0.1, 0.15) is 11.8 Å². The highest BCUT2D eigenvalue weighted by atomic mass is 16.3. The molecule has 8 nitrogen and oxygen atoms in total. The van der Waals surface area contributed by atoms with Gasteiger partial charge in [-0.2, -0.15) is 5.26 Å². The van der Waals surface area contributed by atoms with Crippen molar-refractivity contribution in [2.75, 3.05) is 16.8 Å². The number of nitrogens with two attached hydrogens (primary N) is 1. The Morgan fingerprint density at radius 2 is 2.12 bits per heavy atom. The number of nitrogens with one attached hydrogen (secondary N) is 1. The van der Waals surface area contributed by atoms with Gasteiger partial charge in [0.2, 0.25) is 5.88 Å². The van der Waals surface area contributed by atoms with Crippen molar-refractivity contribution in [3.8, 4) is 11.9 Å². The van der Waals surface area contributed by atoms with Gasteiger partial charge in [0.05, 0.1) is 23.0 Å². The van der Waals surface area contributed by atoms with Crippen LogP contribution in [-0.2, 0) is 0 Å². The second-order valence-electron chi connectivity index (χ2n) is 8.85. The zero-order valence-corrected chi connectivity index (χ0v) is 18.4. The van der Waals surface area contributed by atoms with Crippen LogP contribution in [0.25, 0.3) is 10.9 Å². The summed E-state index contributed by atoms with van der Waals surface area (Å²) in [5, 5.41) is 22.8. The van der Waals surface area contributed by atoms with Crippen molar-refractivity contribution in [3.63, 3.8) is 0 Å². The number of aromatic hydroxyl groups is 1. The number of pyridine rings is 2. The van der Waals surface area contributed by atoms with E-state index in [9.17, 15) is 15.2 Å². The highest BCUT2D eigenvalue weighted by Crippen LogP contribution is 2.33. The minimum atomic E-state index is -0.452. The van der Waals surface area contributed by atoms with Crippen LogP contribution in [0.4, 0.5) is 11.4 Å². The number of aromatic nitrogens is 2. The smallest absolute Gasteiger partial charge is 0.257 e. The summed E-state index contributed by atoms with van der Waals surface area (Å²) < 4.78 is 0. The number of carbonyl (C=O) groups is 1. The van der Waals surface area contributed by atoms with Gasteiger partial charge in [0.15, 0.2) is 0 Å². The van der Waals surface area contributed by atoms with Crippen molar-refractivity contribution in [1.29, 1.82) is 5.26 Å². The predicted molar refractivity (Wildman–Crippen MR) is 124 cm³/mol. The molecule has 0 saturated carbocycles. The highest BCUT2D eigenvalue weighted by Gasteiger charge is 2.36. The molecule has 1 fully saturated rings. The molecular formula is C24H26N6O2. The van der Waals surface area contributed by atoms with Gasteiger partial charge in [-0.15, -0.1) is 0 Å². The fourth-order valence-corrected chi connectivity index (χ4v) is 4.40. The van der Waals surface area contributed by atoms with Crippen LogP contribution in [0.1, 0.15) is 48.3 Å². The largest absolute Gasteiger partial charge is 0.493 e. The number of hydrogen-bond acceptors (Lipinski definition) is 7. The first-order valence-electron chi connectivity index (χ1n) is 10.5. The summed E-state index contributed by atoms with van der Waals surface area (Å²) in [6, 6.07) is 10.5. The second kappa shape index (κ2) is 8.09. The van der Waals surface area contributed by atoms with Crippen LogP contribution in [0.15, 0.2) is 36.5 Å². The van der Waals surface area contributed by atoms with Gasteiger partial charge >= 0.3 is 0 Å². The molecule has 164 valence electrons. The Balaban J connectivity index is 1.71. The maximum absolute atomic E-state index is 13.3. The third kappa shape index (κ3) is 4.07. The molecule has 4 rings (SSSR count). The Bertz CT molecular complexity index is 1240. The van der Waals surface area contributed by atoms with Crippen LogP contribution in [0.3, 0.4) is 0 Å². The zero-order chi connectivity index (χ0) is 23.0. The van der Waals surface area contributed by atoms with Crippen LogP contribution in [0.5, 0.6) is 5.88 Å². The van der Waals surface area contributed by atoms with Crippen LogP contribution in [-0.4, -0.2) is 39.1 Å². The topological polar surface area (TPSA) is 128 Å². The van der Waals surface area contributed by atoms with E-state index in [0.29, 0.717) is 22.5 Å². The summed E-state index contributed by atoms with van der Waals surface area (Å²) in [5.41, 5.74) is 9.28. The Kier molecular flexibility index (Phi) is 5.45. The van der Waals surface area contributed by atoms with E-state index in [1.54, 1.807) is 24.4 Å². The minimum Gasteiger partial charge on any atom is -0.493 e. The second-order valence-corrected chi connectivity index (χ2v) is 8.85. The number of nitriles is 1. The molecule has 1 saturated heterocycles. The Morgan fingerprint density at radius 1 is 1.34 bits per heavy atom. The van der Waals surface area contributed by atoms with Crippen LogP contribution < -0.4 is 16.0 Å². The highest BCUT2D eigenvalue weighted by molar-refractivity contribution is 6.09. The molecule has 1 amide bonds. The lowest BCUT2D eigenvalue weighted by molar-refractivity contribution is 0.102. The molecule has 0 spiro atoms. The number of rotatable bonds is 4. The Labute approximate surface area is 186 Å². The van der Waals surface area contributed by atoms with Crippen molar-refractivity contribution < 1.29 is 9.90 Å². The summed E-state index contributed by atoms with van der Waals surface area (Å²) in [5.74, 6) is -0.372. The molecule has 3 heterocycles. The quantitative estimate of drug-likeness (QED) is 0.578. The summed E-state index contributed by atoms with van der Waals surface area (Å²) >= 11 is 0. The van der Waals surface area contributed by atoms with Crippen LogP contribution in [0.2, 0.25) is 0 Å². The molecule has 0 radical (unpaired) electrons. The monoisotopic (exact) mass is 430 g/mol. The summed E-state index contributed by atoms with van der Waals surface area (Å²) in [7, 11) is 0. The molecule has 1 aliphatic heterocycles. The number of anilines is 2. The van der Waals surface area contributed by atoms with Crippen LogP contribution >= 0.6 is 0 Å². The SMILES string of the molecule is Cc1cc(O)nc2ccc(NC(=O)c3cc(C#N)ncc3N3CCCC3C(C)(C)N)cc12. The van der Waals surface area contributed by atoms with Gasteiger partial charge in [0.25, 0.3) is 5.91 Å². The normalized spacial score (nSPS) is 16.2. The van der Waals surface area contributed by atoms with E-state index in [1.165, 1.54) is 6.07 Å². The molecule has 0 bridgehead atoms. The summed E-state index contributed by atoms with van der Waals surface area (Å²) in [4.78, 5) is 23.8. The fraction of sp³-hybridized carbons (Fsp3) is 0.333. The molecule has 0 aliphatic carbocycles. The number of amides is 1. The molecule has 32 heavy (non-hydrogen) atoms. The van der Waals surface area contributed by atoms with E-state index in [-0.39, 0.29) is 23.5 Å². The number of carbonyl (C=O) groups excluding carboxylic acids is 1. The lowest BCUT2D eigenvalue weighted by Gasteiger charge is -2.37. The predicted octanol–water partition coefficient (Wildman–Crippen LogP) is 3.47. The standard InChI is InChI=1S/C24H26N6O2/c1-14-9-22(31)29-19-7-6-15(10-17(14)19)28-23(32)18-11-16(12-25)27-13-20(18)30-8-4-5-21(30)24(2,3)26/h6-7,9-11,13,21H,4-5,8,26H2,1-3H3,(H,28,32)(H,29,31). The molecular weight excluding hydrogens is 404 g/mol. The van der Waals surface area contributed by atoms with Gasteiger partial charge < -0.3 is 21.1 Å². The van der Waals surface area contributed by atoms with Crippen molar-refractivity contribution in [3.05, 3.63) is 53.3 Å². The van der Waals surface area contributed by atoms with Gasteiger partial charge in [-0.05, 0) is 63.4 Å². The molecule has 4 N–H and O–H groups in total. The maximum atomic E-state index is 13.3. The molecule has 8 heteroatoms. The first kappa shape index (κ1) is 21.5. The molecule has 3 aromatic rings. The van der Waals surface area contributed by atoms with Gasteiger partial charge in [0, 0.05) is 35.3 Å². The van der Waals surface area contributed by atoms with E-state index in [1.807, 2.05) is 32.9 Å². The molecule has 1 aromatic carbocycles. The molecule has 2 aromatic heterocycles. The number of benzene rings is 1. The van der Waals surface area contributed by atoms with Crippen molar-refractivity contribution >= 4 is 28.2 Å². The summed E-state index contributed by atoms with van der Waals surface area (Å²) in [6.45, 7) is 6.60.